The van der Waals surface area contributed by atoms with Crippen molar-refractivity contribution in [3.05, 3.63) is 58.9 Å². The van der Waals surface area contributed by atoms with E-state index < -0.39 is 0 Å². The molecule has 1 aromatic heterocycles. The van der Waals surface area contributed by atoms with Gasteiger partial charge in [0, 0.05) is 19.2 Å². The van der Waals surface area contributed by atoms with E-state index in [-0.39, 0.29) is 22.7 Å². The third-order valence-corrected chi connectivity index (χ3v) is 2.89. The molecule has 5 nitrogen and oxygen atoms in total. The number of pyridine rings is 1. The number of nitrogens with zero attached hydrogens (tertiary/aromatic N) is 1. The molecule has 21 heavy (non-hydrogen) atoms. The Kier molecular flexibility index (Phi) is 4.90. The van der Waals surface area contributed by atoms with E-state index in [1.54, 1.807) is 30.3 Å². The fourth-order valence-electron chi connectivity index (χ4n) is 1.72. The van der Waals surface area contributed by atoms with Crippen LogP contribution in [-0.4, -0.2) is 16.8 Å². The van der Waals surface area contributed by atoms with Crippen molar-refractivity contribution in [2.75, 3.05) is 5.32 Å². The molecule has 0 fully saturated rings. The van der Waals surface area contributed by atoms with Crippen molar-refractivity contribution in [1.82, 2.24) is 10.3 Å². The molecule has 0 bridgehead atoms. The molecule has 1 heterocycles. The first-order valence-corrected chi connectivity index (χ1v) is 6.69. The summed E-state index contributed by atoms with van der Waals surface area (Å²) in [6.45, 7) is 1.82. The molecule has 0 aliphatic rings. The summed E-state index contributed by atoms with van der Waals surface area (Å²) in [6.07, 6.45) is 0. The van der Waals surface area contributed by atoms with Gasteiger partial charge in [-0.2, -0.15) is 0 Å². The maximum Gasteiger partial charge on any atom is 0.270 e. The number of carbonyl (C=O) groups excluding carboxylic acids is 2. The number of aromatic nitrogens is 1. The summed E-state index contributed by atoms with van der Waals surface area (Å²) in [5, 5.41) is 5.71. The highest BCUT2D eigenvalue weighted by Gasteiger charge is 2.07. The number of hydrogen-bond acceptors (Lipinski definition) is 3. The van der Waals surface area contributed by atoms with Crippen LogP contribution in [0.25, 0.3) is 0 Å². The van der Waals surface area contributed by atoms with Crippen LogP contribution in [0.3, 0.4) is 0 Å². The van der Waals surface area contributed by atoms with Crippen molar-refractivity contribution in [3.63, 3.8) is 0 Å². The van der Waals surface area contributed by atoms with E-state index in [9.17, 15) is 9.59 Å². The third-order valence-electron chi connectivity index (χ3n) is 2.68. The topological polar surface area (TPSA) is 71.1 Å². The molecule has 0 aliphatic carbocycles. The normalized spacial score (nSPS) is 10.0. The second kappa shape index (κ2) is 6.85. The fourth-order valence-corrected chi connectivity index (χ4v) is 1.88. The Labute approximate surface area is 127 Å². The van der Waals surface area contributed by atoms with Crippen molar-refractivity contribution in [3.8, 4) is 0 Å². The maximum absolute atomic E-state index is 11.9. The molecule has 0 aliphatic heterocycles. The Morgan fingerprint density at radius 2 is 1.86 bits per heavy atom. The van der Waals surface area contributed by atoms with E-state index in [4.69, 9.17) is 11.6 Å². The molecule has 2 N–H and O–H groups in total. The highest BCUT2D eigenvalue weighted by Crippen LogP contribution is 2.10. The summed E-state index contributed by atoms with van der Waals surface area (Å²) in [6, 6.07) is 12.1. The molecule has 0 saturated carbocycles. The van der Waals surface area contributed by atoms with E-state index in [0.29, 0.717) is 12.2 Å². The third kappa shape index (κ3) is 4.57. The zero-order valence-corrected chi connectivity index (χ0v) is 12.1. The van der Waals surface area contributed by atoms with Crippen LogP contribution in [0.15, 0.2) is 42.5 Å². The minimum absolute atomic E-state index is 0.122. The minimum atomic E-state index is -0.288. The Balaban J connectivity index is 1.93. The largest absolute Gasteiger partial charge is 0.347 e. The van der Waals surface area contributed by atoms with Gasteiger partial charge in [-0.15, -0.1) is 0 Å². The number of amides is 2. The van der Waals surface area contributed by atoms with Crippen molar-refractivity contribution in [2.45, 2.75) is 13.5 Å². The molecule has 0 spiro atoms. The number of nitrogens with one attached hydrogen (secondary N) is 2. The molecular formula is C15H14ClN3O2. The Morgan fingerprint density at radius 1 is 1.14 bits per heavy atom. The number of rotatable bonds is 4. The molecule has 0 radical (unpaired) electrons. The molecule has 108 valence electrons. The molecule has 1 aromatic carbocycles. The first-order chi connectivity index (χ1) is 10.0. The Hall–Kier alpha value is -2.40. The van der Waals surface area contributed by atoms with Crippen LogP contribution < -0.4 is 10.6 Å². The standard InChI is InChI=1S/C15H14ClN3O2/c1-10(20)18-12-7-5-11(6-8-12)9-17-15(21)13-3-2-4-14(16)19-13/h2-8H,9H2,1H3,(H,17,21)(H,18,20). The molecule has 0 atom stereocenters. The van der Waals surface area contributed by atoms with Gasteiger partial charge in [-0.25, -0.2) is 4.98 Å². The van der Waals surface area contributed by atoms with Crippen molar-refractivity contribution < 1.29 is 9.59 Å². The lowest BCUT2D eigenvalue weighted by Crippen LogP contribution is -2.23. The summed E-state index contributed by atoms with van der Waals surface area (Å²) in [7, 11) is 0. The Morgan fingerprint density at radius 3 is 2.48 bits per heavy atom. The van der Waals surface area contributed by atoms with Gasteiger partial charge in [0.2, 0.25) is 5.91 Å². The van der Waals surface area contributed by atoms with E-state index in [0.717, 1.165) is 5.56 Å². The van der Waals surface area contributed by atoms with E-state index >= 15 is 0 Å². The minimum Gasteiger partial charge on any atom is -0.347 e. The summed E-state index contributed by atoms with van der Waals surface area (Å²) in [4.78, 5) is 26.7. The zero-order valence-electron chi connectivity index (χ0n) is 11.4. The predicted octanol–water partition coefficient (Wildman–Crippen LogP) is 2.62. The van der Waals surface area contributed by atoms with E-state index in [1.807, 2.05) is 12.1 Å². The molecule has 6 heteroatoms. The van der Waals surface area contributed by atoms with Crippen LogP contribution in [0, 0.1) is 0 Å². The van der Waals surface area contributed by atoms with Crippen molar-refractivity contribution in [1.29, 1.82) is 0 Å². The molecule has 2 aromatic rings. The van der Waals surface area contributed by atoms with Gasteiger partial charge in [0.25, 0.3) is 5.91 Å². The van der Waals surface area contributed by atoms with Gasteiger partial charge in [-0.05, 0) is 29.8 Å². The van der Waals surface area contributed by atoms with Crippen LogP contribution in [0.5, 0.6) is 0 Å². The lowest BCUT2D eigenvalue weighted by molar-refractivity contribution is -0.114. The molecule has 0 unspecified atom stereocenters. The highest BCUT2D eigenvalue weighted by atomic mass is 35.5. The van der Waals surface area contributed by atoms with Crippen LogP contribution in [0.4, 0.5) is 5.69 Å². The van der Waals surface area contributed by atoms with Gasteiger partial charge in [-0.1, -0.05) is 29.8 Å². The van der Waals surface area contributed by atoms with E-state index in [2.05, 4.69) is 15.6 Å². The summed E-state index contributed by atoms with van der Waals surface area (Å²) >= 11 is 5.74. The number of halogens is 1. The molecular weight excluding hydrogens is 290 g/mol. The van der Waals surface area contributed by atoms with Gasteiger partial charge in [-0.3, -0.25) is 9.59 Å². The smallest absolute Gasteiger partial charge is 0.270 e. The highest BCUT2D eigenvalue weighted by molar-refractivity contribution is 6.29. The second-order valence-corrected chi connectivity index (χ2v) is 4.79. The summed E-state index contributed by atoms with van der Waals surface area (Å²) in [5.41, 5.74) is 1.91. The van der Waals surface area contributed by atoms with E-state index in [1.165, 1.54) is 6.92 Å². The molecule has 2 rings (SSSR count). The monoisotopic (exact) mass is 303 g/mol. The lowest BCUT2D eigenvalue weighted by atomic mass is 10.2. The van der Waals surface area contributed by atoms with Crippen molar-refractivity contribution >= 4 is 29.1 Å². The quantitative estimate of drug-likeness (QED) is 0.853. The fraction of sp³-hybridized carbons (Fsp3) is 0.133. The first kappa shape index (κ1) is 15.0. The van der Waals surface area contributed by atoms with Crippen molar-refractivity contribution in [2.24, 2.45) is 0 Å². The SMILES string of the molecule is CC(=O)Nc1ccc(CNC(=O)c2cccc(Cl)n2)cc1. The van der Waals surface area contributed by atoms with Crippen LogP contribution in [-0.2, 0) is 11.3 Å². The lowest BCUT2D eigenvalue weighted by Gasteiger charge is -2.06. The first-order valence-electron chi connectivity index (χ1n) is 6.32. The second-order valence-electron chi connectivity index (χ2n) is 4.41. The van der Waals surface area contributed by atoms with Crippen LogP contribution in [0.2, 0.25) is 5.15 Å². The predicted molar refractivity (Wildman–Crippen MR) is 81.2 cm³/mol. The van der Waals surface area contributed by atoms with Crippen LogP contribution in [0.1, 0.15) is 23.0 Å². The van der Waals surface area contributed by atoms with Gasteiger partial charge in [0.1, 0.15) is 10.8 Å². The maximum atomic E-state index is 11.9. The van der Waals surface area contributed by atoms with Gasteiger partial charge in [0.05, 0.1) is 0 Å². The number of carbonyl (C=O) groups is 2. The Bertz CT molecular complexity index is 656. The number of hydrogen-bond donors (Lipinski definition) is 2. The average Bonchev–Trinajstić information content (AvgIpc) is 2.45. The number of benzene rings is 1. The summed E-state index contributed by atoms with van der Waals surface area (Å²) < 4.78 is 0. The van der Waals surface area contributed by atoms with Gasteiger partial charge < -0.3 is 10.6 Å². The van der Waals surface area contributed by atoms with Gasteiger partial charge in [0.15, 0.2) is 0 Å². The molecule has 0 saturated heterocycles. The van der Waals surface area contributed by atoms with Crippen LogP contribution >= 0.6 is 11.6 Å². The average molecular weight is 304 g/mol. The van der Waals surface area contributed by atoms with Gasteiger partial charge >= 0.3 is 0 Å². The number of anilines is 1. The summed E-state index contributed by atoms with van der Waals surface area (Å²) in [5.74, 6) is -0.411. The zero-order chi connectivity index (χ0) is 15.2. The molecule has 2 amide bonds.